The maximum absolute atomic E-state index is 11.4. The molecule has 0 heterocycles. The predicted octanol–water partition coefficient (Wildman–Crippen LogP) is 2.40. The van der Waals surface area contributed by atoms with Crippen LogP contribution in [0.3, 0.4) is 0 Å². The topological polar surface area (TPSA) is 72.8 Å². The lowest BCUT2D eigenvalue weighted by Crippen LogP contribution is -2.13. The number of hydrogen-bond donors (Lipinski definition) is 1. The van der Waals surface area contributed by atoms with E-state index in [1.165, 1.54) is 12.1 Å². The van der Waals surface area contributed by atoms with E-state index in [9.17, 15) is 9.59 Å². The van der Waals surface area contributed by atoms with Gasteiger partial charge < -0.3 is 14.6 Å². The molecule has 98 valence electrons. The summed E-state index contributed by atoms with van der Waals surface area (Å²) in [7, 11) is 0. The highest BCUT2D eigenvalue weighted by Crippen LogP contribution is 2.33. The normalized spacial score (nSPS) is 9.94. The van der Waals surface area contributed by atoms with E-state index in [0.29, 0.717) is 24.7 Å². The Morgan fingerprint density at radius 2 is 1.67 bits per heavy atom. The van der Waals surface area contributed by atoms with Crippen LogP contribution < -0.4 is 9.47 Å². The van der Waals surface area contributed by atoms with Crippen LogP contribution in [0.15, 0.2) is 12.1 Å². The Bertz CT molecular complexity index is 470. The molecule has 0 aliphatic heterocycles. The maximum Gasteiger partial charge on any atom is 0.377 e. The first-order chi connectivity index (χ1) is 8.51. The van der Waals surface area contributed by atoms with Gasteiger partial charge in [0.1, 0.15) is 0 Å². The van der Waals surface area contributed by atoms with Crippen LogP contribution in [0.2, 0.25) is 5.02 Å². The third-order valence-electron chi connectivity index (χ3n) is 2.07. The molecule has 0 aromatic heterocycles. The van der Waals surface area contributed by atoms with Gasteiger partial charge in [0.25, 0.3) is 5.78 Å². The lowest BCUT2D eigenvalue weighted by molar-refractivity contribution is -0.131. The fourth-order valence-corrected chi connectivity index (χ4v) is 1.60. The number of hydrogen-bond acceptors (Lipinski definition) is 4. The molecule has 0 saturated heterocycles. The quantitative estimate of drug-likeness (QED) is 0.636. The zero-order valence-electron chi connectivity index (χ0n) is 10.0. The minimum atomic E-state index is -1.57. The Hall–Kier alpha value is -1.75. The van der Waals surface area contributed by atoms with Crippen LogP contribution in [-0.4, -0.2) is 30.1 Å². The Labute approximate surface area is 109 Å². The number of carboxylic acid groups (broad SMARTS) is 1. The van der Waals surface area contributed by atoms with Gasteiger partial charge in [-0.15, -0.1) is 0 Å². The molecule has 18 heavy (non-hydrogen) atoms. The van der Waals surface area contributed by atoms with Crippen LogP contribution >= 0.6 is 11.6 Å². The number of carboxylic acids is 1. The smallest absolute Gasteiger partial charge is 0.377 e. The Balaban J connectivity index is 3.26. The summed E-state index contributed by atoms with van der Waals surface area (Å²) in [6, 6.07) is 2.67. The van der Waals surface area contributed by atoms with Crippen LogP contribution in [0.4, 0.5) is 0 Å². The molecule has 6 heteroatoms. The van der Waals surface area contributed by atoms with Gasteiger partial charge in [-0.25, -0.2) is 4.79 Å². The highest BCUT2D eigenvalue weighted by Gasteiger charge is 2.21. The van der Waals surface area contributed by atoms with Crippen LogP contribution in [0, 0.1) is 0 Å². The van der Waals surface area contributed by atoms with Gasteiger partial charge in [0, 0.05) is 6.07 Å². The van der Waals surface area contributed by atoms with Gasteiger partial charge in [-0.2, -0.15) is 0 Å². The minimum Gasteiger partial charge on any atom is -0.490 e. The van der Waals surface area contributed by atoms with E-state index in [4.69, 9.17) is 26.2 Å². The third kappa shape index (κ3) is 3.13. The van der Waals surface area contributed by atoms with Crippen molar-refractivity contribution in [2.75, 3.05) is 13.2 Å². The Morgan fingerprint density at radius 3 is 2.11 bits per heavy atom. The van der Waals surface area contributed by atoms with Gasteiger partial charge in [0.05, 0.1) is 23.8 Å². The van der Waals surface area contributed by atoms with Gasteiger partial charge in [0.2, 0.25) is 0 Å². The van der Waals surface area contributed by atoms with Crippen molar-refractivity contribution < 1.29 is 24.2 Å². The summed E-state index contributed by atoms with van der Waals surface area (Å²) >= 11 is 5.86. The number of Topliss-reactive ketones (excluding diaryl/α,β-unsaturated/α-hetero) is 1. The second kappa shape index (κ2) is 6.26. The number of ether oxygens (including phenoxy) is 2. The number of benzene rings is 1. The summed E-state index contributed by atoms with van der Waals surface area (Å²) in [5.74, 6) is -1.97. The lowest BCUT2D eigenvalue weighted by atomic mass is 10.1. The number of ketones is 1. The summed E-state index contributed by atoms with van der Waals surface area (Å²) in [4.78, 5) is 22.1. The molecular formula is C12H13ClO5. The molecule has 1 aromatic rings. The summed E-state index contributed by atoms with van der Waals surface area (Å²) in [5.41, 5.74) is -0.115. The second-order valence-electron chi connectivity index (χ2n) is 3.28. The average molecular weight is 273 g/mol. The molecule has 0 unspecified atom stereocenters. The van der Waals surface area contributed by atoms with E-state index >= 15 is 0 Å². The van der Waals surface area contributed by atoms with Gasteiger partial charge in [0.15, 0.2) is 11.5 Å². The zero-order valence-corrected chi connectivity index (χ0v) is 10.8. The molecule has 5 nitrogen and oxygen atoms in total. The molecular weight excluding hydrogens is 260 g/mol. The van der Waals surface area contributed by atoms with Gasteiger partial charge in [-0.3, -0.25) is 4.79 Å². The lowest BCUT2D eigenvalue weighted by Gasteiger charge is -2.12. The molecule has 0 atom stereocenters. The molecule has 0 radical (unpaired) electrons. The molecule has 1 aromatic carbocycles. The summed E-state index contributed by atoms with van der Waals surface area (Å²) in [6.07, 6.45) is 0. The van der Waals surface area contributed by atoms with Crippen LogP contribution in [0.5, 0.6) is 11.5 Å². The Morgan fingerprint density at radius 1 is 1.17 bits per heavy atom. The summed E-state index contributed by atoms with van der Waals surface area (Å²) in [6.45, 7) is 4.33. The van der Waals surface area contributed by atoms with E-state index in [-0.39, 0.29) is 10.6 Å². The van der Waals surface area contributed by atoms with E-state index in [1.54, 1.807) is 13.8 Å². The molecule has 0 saturated carbocycles. The van der Waals surface area contributed by atoms with Crippen molar-refractivity contribution in [3.05, 3.63) is 22.7 Å². The molecule has 0 amide bonds. The minimum absolute atomic E-state index is 0.0225. The van der Waals surface area contributed by atoms with Crippen molar-refractivity contribution in [3.63, 3.8) is 0 Å². The van der Waals surface area contributed by atoms with Crippen molar-refractivity contribution in [2.24, 2.45) is 0 Å². The number of aliphatic carboxylic acids is 1. The Kier molecular flexibility index (Phi) is 4.97. The number of carbonyl (C=O) groups is 2. The van der Waals surface area contributed by atoms with E-state index < -0.39 is 11.8 Å². The SMILES string of the molecule is CCOc1cc(Cl)c(C(=O)C(=O)O)cc1OCC. The number of carbonyl (C=O) groups excluding carboxylic acids is 1. The largest absolute Gasteiger partial charge is 0.490 e. The van der Waals surface area contributed by atoms with Crippen molar-refractivity contribution in [1.29, 1.82) is 0 Å². The predicted molar refractivity (Wildman–Crippen MR) is 65.8 cm³/mol. The van der Waals surface area contributed by atoms with Gasteiger partial charge in [-0.1, -0.05) is 11.6 Å². The third-order valence-corrected chi connectivity index (χ3v) is 2.38. The fourth-order valence-electron chi connectivity index (χ4n) is 1.36. The summed E-state index contributed by atoms with van der Waals surface area (Å²) < 4.78 is 10.6. The maximum atomic E-state index is 11.4. The van der Waals surface area contributed by atoms with Crippen LogP contribution in [0.25, 0.3) is 0 Å². The first kappa shape index (κ1) is 14.3. The average Bonchev–Trinajstić information content (AvgIpc) is 2.32. The first-order valence-electron chi connectivity index (χ1n) is 5.38. The molecule has 0 aliphatic carbocycles. The molecule has 0 aliphatic rings. The molecule has 0 spiro atoms. The highest BCUT2D eigenvalue weighted by atomic mass is 35.5. The molecule has 0 bridgehead atoms. The van der Waals surface area contributed by atoms with Crippen molar-refractivity contribution in [3.8, 4) is 11.5 Å². The zero-order chi connectivity index (χ0) is 13.7. The highest BCUT2D eigenvalue weighted by molar-refractivity contribution is 6.45. The van der Waals surface area contributed by atoms with Crippen molar-refractivity contribution >= 4 is 23.4 Å². The monoisotopic (exact) mass is 272 g/mol. The van der Waals surface area contributed by atoms with E-state index in [1.807, 2.05) is 0 Å². The van der Waals surface area contributed by atoms with Crippen LogP contribution in [-0.2, 0) is 4.79 Å². The van der Waals surface area contributed by atoms with E-state index in [2.05, 4.69) is 0 Å². The summed E-state index contributed by atoms with van der Waals surface area (Å²) in [5, 5.41) is 8.70. The molecule has 0 fully saturated rings. The second-order valence-corrected chi connectivity index (χ2v) is 3.69. The number of halogens is 1. The van der Waals surface area contributed by atoms with Gasteiger partial charge >= 0.3 is 5.97 Å². The van der Waals surface area contributed by atoms with Crippen molar-refractivity contribution in [2.45, 2.75) is 13.8 Å². The first-order valence-corrected chi connectivity index (χ1v) is 5.75. The standard InChI is InChI=1S/C12H13ClO5/c1-3-17-9-5-7(11(14)12(15)16)8(13)6-10(9)18-4-2/h5-6H,3-4H2,1-2H3,(H,15,16). The molecule has 1 rings (SSSR count). The number of rotatable bonds is 6. The fraction of sp³-hybridized carbons (Fsp3) is 0.333. The van der Waals surface area contributed by atoms with E-state index in [0.717, 1.165) is 0 Å². The van der Waals surface area contributed by atoms with Crippen LogP contribution in [0.1, 0.15) is 24.2 Å². The van der Waals surface area contributed by atoms with Gasteiger partial charge in [-0.05, 0) is 19.9 Å². The molecule has 1 N–H and O–H groups in total. The van der Waals surface area contributed by atoms with Crippen molar-refractivity contribution in [1.82, 2.24) is 0 Å².